The third kappa shape index (κ3) is 4.58. The molecular weight excluding hydrogens is 380 g/mol. The molecule has 0 spiro atoms. The Hall–Kier alpha value is -2.71. The lowest BCUT2D eigenvalue weighted by Crippen LogP contribution is -2.36. The van der Waals surface area contributed by atoms with Gasteiger partial charge in [0.1, 0.15) is 0 Å². The van der Waals surface area contributed by atoms with Crippen LogP contribution in [-0.4, -0.2) is 55.8 Å². The highest BCUT2D eigenvalue weighted by Crippen LogP contribution is 2.25. The molecule has 8 heteroatoms. The zero-order valence-corrected chi connectivity index (χ0v) is 16.6. The third-order valence-electron chi connectivity index (χ3n) is 4.48. The second kappa shape index (κ2) is 8.99. The maximum atomic E-state index is 12.6. The number of esters is 1. The number of nitrogens with one attached hydrogen (secondary N) is 1. The average molecular weight is 402 g/mol. The maximum Gasteiger partial charge on any atom is 0.340 e. The van der Waals surface area contributed by atoms with Crippen molar-refractivity contribution >= 4 is 34.1 Å². The van der Waals surface area contributed by atoms with Crippen molar-refractivity contribution in [3.05, 3.63) is 53.6 Å². The first-order valence-electron chi connectivity index (χ1n) is 8.79. The highest BCUT2D eigenvalue weighted by molar-refractivity contribution is 7.84. The number of carbonyl (C=O) groups excluding carboxylic acids is 2. The molecule has 0 bridgehead atoms. The summed E-state index contributed by atoms with van der Waals surface area (Å²) in [4.78, 5) is 27.6. The zero-order chi connectivity index (χ0) is 20.1. The van der Waals surface area contributed by atoms with Gasteiger partial charge in [0.15, 0.2) is 0 Å². The van der Waals surface area contributed by atoms with Crippen molar-refractivity contribution in [3.8, 4) is 0 Å². The number of anilines is 2. The Morgan fingerprint density at radius 3 is 2.39 bits per heavy atom. The van der Waals surface area contributed by atoms with Crippen LogP contribution in [0.1, 0.15) is 20.7 Å². The van der Waals surface area contributed by atoms with Crippen LogP contribution in [0, 0.1) is 0 Å². The van der Waals surface area contributed by atoms with Crippen molar-refractivity contribution in [1.82, 2.24) is 0 Å². The van der Waals surface area contributed by atoms with E-state index in [-0.39, 0.29) is 11.5 Å². The van der Waals surface area contributed by atoms with Crippen LogP contribution in [0.5, 0.6) is 0 Å². The second-order valence-electron chi connectivity index (χ2n) is 6.25. The summed E-state index contributed by atoms with van der Waals surface area (Å²) in [5.41, 5.74) is 1.93. The molecule has 3 rings (SSSR count). The molecule has 1 N–H and O–H groups in total. The molecule has 0 aliphatic carbocycles. The number of rotatable bonds is 5. The molecule has 0 radical (unpaired) electrons. The van der Waals surface area contributed by atoms with Crippen LogP contribution < -0.4 is 10.2 Å². The quantitative estimate of drug-likeness (QED) is 0.773. The van der Waals surface area contributed by atoms with E-state index in [4.69, 9.17) is 9.47 Å². The molecule has 1 heterocycles. The highest BCUT2D eigenvalue weighted by atomic mass is 32.2. The first kappa shape index (κ1) is 20.0. The van der Waals surface area contributed by atoms with Crippen molar-refractivity contribution < 1.29 is 23.3 Å². The van der Waals surface area contributed by atoms with E-state index in [1.54, 1.807) is 42.7 Å². The molecule has 2 aromatic rings. The summed E-state index contributed by atoms with van der Waals surface area (Å²) < 4.78 is 21.7. The molecule has 0 saturated carbocycles. The van der Waals surface area contributed by atoms with Crippen molar-refractivity contribution in [2.24, 2.45) is 0 Å². The summed E-state index contributed by atoms with van der Waals surface area (Å²) >= 11 is 0. The van der Waals surface area contributed by atoms with Crippen molar-refractivity contribution in [2.45, 2.75) is 4.90 Å². The van der Waals surface area contributed by atoms with Gasteiger partial charge in [-0.1, -0.05) is 0 Å². The Kier molecular flexibility index (Phi) is 6.43. The predicted octanol–water partition coefficient (Wildman–Crippen LogP) is 2.30. The van der Waals surface area contributed by atoms with Crippen molar-refractivity contribution in [1.29, 1.82) is 0 Å². The number of amides is 1. The molecule has 1 saturated heterocycles. The number of methoxy groups -OCH3 is 1. The largest absolute Gasteiger partial charge is 0.465 e. The fourth-order valence-electron chi connectivity index (χ4n) is 2.93. The standard InChI is InChI=1S/C20H22N2O5S/c1-26-20(24)17-13-15(22-9-11-27-12-10-22)5-8-18(17)21-19(23)14-3-6-16(7-4-14)28(2)25/h3-8,13H,9-12H2,1-2H3,(H,21,23). The van der Waals surface area contributed by atoms with E-state index < -0.39 is 16.8 Å². The molecule has 1 aliphatic rings. The molecule has 1 unspecified atom stereocenters. The van der Waals surface area contributed by atoms with Gasteiger partial charge in [0.25, 0.3) is 5.91 Å². The summed E-state index contributed by atoms with van der Waals surface area (Å²) in [5.74, 6) is -0.889. The van der Waals surface area contributed by atoms with Gasteiger partial charge in [-0.3, -0.25) is 9.00 Å². The molecule has 7 nitrogen and oxygen atoms in total. The average Bonchev–Trinajstić information content (AvgIpc) is 2.74. The minimum atomic E-state index is -1.11. The summed E-state index contributed by atoms with van der Waals surface area (Å²) in [7, 11) is 0.193. The van der Waals surface area contributed by atoms with Gasteiger partial charge in [0.05, 0.1) is 31.6 Å². The van der Waals surface area contributed by atoms with Gasteiger partial charge in [0, 0.05) is 46.3 Å². The monoisotopic (exact) mass is 402 g/mol. The van der Waals surface area contributed by atoms with E-state index in [0.29, 0.717) is 29.4 Å². The van der Waals surface area contributed by atoms with E-state index in [0.717, 1.165) is 18.8 Å². The van der Waals surface area contributed by atoms with E-state index >= 15 is 0 Å². The Morgan fingerprint density at radius 2 is 1.79 bits per heavy atom. The Labute approximate surface area is 166 Å². The predicted molar refractivity (Wildman–Crippen MR) is 108 cm³/mol. The summed E-state index contributed by atoms with van der Waals surface area (Å²) in [6, 6.07) is 11.8. The molecule has 0 aromatic heterocycles. The lowest BCUT2D eigenvalue weighted by Gasteiger charge is -2.29. The minimum absolute atomic E-state index is 0.283. The highest BCUT2D eigenvalue weighted by Gasteiger charge is 2.19. The van der Waals surface area contributed by atoms with Gasteiger partial charge in [-0.05, 0) is 42.5 Å². The maximum absolute atomic E-state index is 12.6. The third-order valence-corrected chi connectivity index (χ3v) is 5.42. The number of hydrogen-bond donors (Lipinski definition) is 1. The molecule has 28 heavy (non-hydrogen) atoms. The van der Waals surface area contributed by atoms with Crippen molar-refractivity contribution in [3.63, 3.8) is 0 Å². The van der Waals surface area contributed by atoms with Crippen LogP contribution in [0.3, 0.4) is 0 Å². The van der Waals surface area contributed by atoms with Crippen molar-refractivity contribution in [2.75, 3.05) is 49.9 Å². The smallest absolute Gasteiger partial charge is 0.340 e. The number of morpholine rings is 1. The van der Waals surface area contributed by atoms with Gasteiger partial charge in [0.2, 0.25) is 0 Å². The van der Waals surface area contributed by atoms with E-state index in [1.807, 2.05) is 6.07 Å². The SMILES string of the molecule is COC(=O)c1cc(N2CCOCC2)ccc1NC(=O)c1ccc(S(C)=O)cc1. The molecule has 148 valence electrons. The van der Waals surface area contributed by atoms with Gasteiger partial charge in [-0.2, -0.15) is 0 Å². The van der Waals surface area contributed by atoms with Gasteiger partial charge < -0.3 is 19.7 Å². The second-order valence-corrected chi connectivity index (χ2v) is 7.63. The normalized spacial score (nSPS) is 15.0. The number of nitrogens with zero attached hydrogens (tertiary/aromatic N) is 1. The minimum Gasteiger partial charge on any atom is -0.465 e. The van der Waals surface area contributed by atoms with Gasteiger partial charge in [-0.15, -0.1) is 0 Å². The Morgan fingerprint density at radius 1 is 1.11 bits per heavy atom. The van der Waals surface area contributed by atoms with Crippen LogP contribution in [0.2, 0.25) is 0 Å². The van der Waals surface area contributed by atoms with Gasteiger partial charge >= 0.3 is 5.97 Å². The van der Waals surface area contributed by atoms with E-state index in [1.165, 1.54) is 7.11 Å². The zero-order valence-electron chi connectivity index (χ0n) is 15.8. The fourth-order valence-corrected chi connectivity index (χ4v) is 3.45. The molecule has 1 atom stereocenters. The van der Waals surface area contributed by atoms with Gasteiger partial charge in [-0.25, -0.2) is 4.79 Å². The number of carbonyl (C=O) groups is 2. The summed E-state index contributed by atoms with van der Waals surface area (Å²) in [5, 5.41) is 2.76. The van der Waals surface area contributed by atoms with Crippen LogP contribution in [0.4, 0.5) is 11.4 Å². The number of benzene rings is 2. The Balaban J connectivity index is 1.84. The summed E-state index contributed by atoms with van der Waals surface area (Å²) in [6.07, 6.45) is 1.58. The molecule has 2 aromatic carbocycles. The lowest BCUT2D eigenvalue weighted by atomic mass is 10.1. The number of hydrogen-bond acceptors (Lipinski definition) is 6. The van der Waals surface area contributed by atoms with Crippen LogP contribution >= 0.6 is 0 Å². The first-order chi connectivity index (χ1) is 13.5. The lowest BCUT2D eigenvalue weighted by molar-refractivity contribution is 0.0602. The molecular formula is C20H22N2O5S. The Bertz CT molecular complexity index is 892. The van der Waals surface area contributed by atoms with Crippen LogP contribution in [-0.2, 0) is 20.3 Å². The van der Waals surface area contributed by atoms with E-state index in [2.05, 4.69) is 10.2 Å². The first-order valence-corrected chi connectivity index (χ1v) is 10.4. The molecule has 1 fully saturated rings. The fraction of sp³-hybridized carbons (Fsp3) is 0.300. The summed E-state index contributed by atoms with van der Waals surface area (Å²) in [6.45, 7) is 2.73. The molecule has 1 aliphatic heterocycles. The van der Waals surface area contributed by atoms with Crippen LogP contribution in [0.25, 0.3) is 0 Å². The number of ether oxygens (including phenoxy) is 2. The molecule has 1 amide bonds. The van der Waals surface area contributed by atoms with E-state index in [9.17, 15) is 13.8 Å². The topological polar surface area (TPSA) is 84.9 Å². The van der Waals surface area contributed by atoms with Crippen LogP contribution in [0.15, 0.2) is 47.4 Å².